The molecular weight excluding hydrogens is 474 g/mol. The number of benzene rings is 3. The lowest BCUT2D eigenvalue weighted by Crippen LogP contribution is -2.30. The smallest absolute Gasteiger partial charge is 0.279 e. The van der Waals surface area contributed by atoms with Crippen LogP contribution in [0.1, 0.15) is 22.0 Å². The Morgan fingerprint density at radius 3 is 2.46 bits per heavy atom. The molecule has 10 heteroatoms. The predicted molar refractivity (Wildman–Crippen MR) is 134 cm³/mol. The number of hydrogen-bond donors (Lipinski definition) is 1. The number of aromatic nitrogens is 1. The SMILES string of the molecule is COc1cc2cc(C(=O)N3C[C@H](CCl)c4c3cc([N+](=O)[O-])c3ccccc43)[nH]c2c(OC)c1OC. The van der Waals surface area contributed by atoms with Crippen LogP contribution in [0.25, 0.3) is 21.7 Å². The van der Waals surface area contributed by atoms with E-state index in [1.165, 1.54) is 27.4 Å². The van der Waals surface area contributed by atoms with E-state index in [-0.39, 0.29) is 23.4 Å². The van der Waals surface area contributed by atoms with E-state index in [0.717, 1.165) is 10.9 Å². The van der Waals surface area contributed by atoms with Crippen molar-refractivity contribution < 1.29 is 23.9 Å². The van der Waals surface area contributed by atoms with Gasteiger partial charge in [-0.25, -0.2) is 0 Å². The molecule has 4 aromatic rings. The van der Waals surface area contributed by atoms with Gasteiger partial charge in [0.15, 0.2) is 11.5 Å². The van der Waals surface area contributed by atoms with Crippen molar-refractivity contribution in [3.8, 4) is 17.2 Å². The fourth-order valence-electron chi connectivity index (χ4n) is 4.90. The number of amides is 1. The summed E-state index contributed by atoms with van der Waals surface area (Å²) >= 11 is 6.30. The van der Waals surface area contributed by atoms with E-state index in [1.807, 2.05) is 12.1 Å². The Kier molecular flexibility index (Phi) is 5.64. The highest BCUT2D eigenvalue weighted by atomic mass is 35.5. The largest absolute Gasteiger partial charge is 0.493 e. The molecule has 5 rings (SSSR count). The van der Waals surface area contributed by atoms with Crippen molar-refractivity contribution >= 4 is 50.6 Å². The second-order valence-corrected chi connectivity index (χ2v) is 8.50. The van der Waals surface area contributed by atoms with E-state index in [1.54, 1.807) is 29.2 Å². The predicted octanol–water partition coefficient (Wildman–Crippen LogP) is 5.24. The molecule has 0 aliphatic carbocycles. The van der Waals surface area contributed by atoms with Crippen LogP contribution in [0.15, 0.2) is 42.5 Å². The third-order valence-electron chi connectivity index (χ3n) is 6.42. The summed E-state index contributed by atoms with van der Waals surface area (Å²) in [6.07, 6.45) is 0. The molecule has 1 amide bonds. The zero-order valence-corrected chi connectivity index (χ0v) is 20.0. The third-order valence-corrected chi connectivity index (χ3v) is 6.80. The Morgan fingerprint density at radius 2 is 1.83 bits per heavy atom. The Hall–Kier alpha value is -3.98. The van der Waals surface area contributed by atoms with Gasteiger partial charge in [-0.15, -0.1) is 11.6 Å². The molecule has 0 radical (unpaired) electrons. The van der Waals surface area contributed by atoms with Crippen LogP contribution in [-0.4, -0.2) is 49.6 Å². The van der Waals surface area contributed by atoms with Crippen LogP contribution < -0.4 is 19.1 Å². The summed E-state index contributed by atoms with van der Waals surface area (Å²) in [5.41, 5.74) is 2.15. The van der Waals surface area contributed by atoms with Crippen molar-refractivity contribution in [1.29, 1.82) is 0 Å². The first-order valence-corrected chi connectivity index (χ1v) is 11.4. The molecule has 9 nitrogen and oxygen atoms in total. The third kappa shape index (κ3) is 3.42. The van der Waals surface area contributed by atoms with E-state index in [0.29, 0.717) is 51.5 Å². The quantitative estimate of drug-likeness (QED) is 0.223. The first-order chi connectivity index (χ1) is 16.9. The van der Waals surface area contributed by atoms with Crippen LogP contribution in [0.4, 0.5) is 11.4 Å². The zero-order valence-electron chi connectivity index (χ0n) is 19.3. The topological polar surface area (TPSA) is 107 Å². The summed E-state index contributed by atoms with van der Waals surface area (Å²) in [6, 6.07) is 12.1. The molecule has 1 aliphatic heterocycles. The number of nitro groups is 1. The lowest BCUT2D eigenvalue weighted by molar-refractivity contribution is -0.383. The zero-order chi connectivity index (χ0) is 24.9. The number of halogens is 1. The number of ether oxygens (including phenoxy) is 3. The highest BCUT2D eigenvalue weighted by Gasteiger charge is 2.37. The Bertz CT molecular complexity index is 1500. The van der Waals surface area contributed by atoms with E-state index in [2.05, 4.69) is 4.98 Å². The maximum atomic E-state index is 13.7. The average molecular weight is 496 g/mol. The number of carbonyl (C=O) groups is 1. The van der Waals surface area contributed by atoms with Crippen molar-refractivity contribution in [2.24, 2.45) is 0 Å². The summed E-state index contributed by atoms with van der Waals surface area (Å²) in [6.45, 7) is 0.308. The maximum Gasteiger partial charge on any atom is 0.279 e. The van der Waals surface area contributed by atoms with Gasteiger partial charge in [0.2, 0.25) is 5.75 Å². The summed E-state index contributed by atoms with van der Waals surface area (Å²) in [4.78, 5) is 29.9. The lowest BCUT2D eigenvalue weighted by atomic mass is 9.95. The second-order valence-electron chi connectivity index (χ2n) is 8.19. The van der Waals surface area contributed by atoms with Crippen molar-refractivity contribution in [3.63, 3.8) is 0 Å². The number of H-pyrrole nitrogens is 1. The van der Waals surface area contributed by atoms with Crippen molar-refractivity contribution in [2.45, 2.75) is 5.92 Å². The van der Waals surface area contributed by atoms with Gasteiger partial charge in [-0.3, -0.25) is 14.9 Å². The molecule has 1 aromatic heterocycles. The molecule has 3 aromatic carbocycles. The average Bonchev–Trinajstić information content (AvgIpc) is 3.47. The lowest BCUT2D eigenvalue weighted by Gasteiger charge is -2.17. The second kappa shape index (κ2) is 8.66. The summed E-state index contributed by atoms with van der Waals surface area (Å²) in [5, 5.41) is 13.8. The molecule has 0 fully saturated rings. The molecule has 0 saturated heterocycles. The monoisotopic (exact) mass is 495 g/mol. The number of hydrogen-bond acceptors (Lipinski definition) is 6. The molecule has 0 bridgehead atoms. The number of non-ortho nitro benzene ring substituents is 1. The van der Waals surface area contributed by atoms with Crippen molar-refractivity contribution in [3.05, 3.63) is 63.8 Å². The standard InChI is InChI=1S/C25H22ClN3O6/c1-33-20-9-13-8-17(27-22(13)24(35-3)23(20)34-2)25(30)28-12-14(11-26)21-16-7-5-4-6-15(16)18(29(31)32)10-19(21)28/h4-10,14,27H,11-12H2,1-3H3/t14-/m0/s1. The molecule has 0 saturated carbocycles. The number of aromatic amines is 1. The molecule has 0 unspecified atom stereocenters. The van der Waals surface area contributed by atoms with Crippen LogP contribution in [0, 0.1) is 10.1 Å². The maximum absolute atomic E-state index is 13.7. The number of rotatable bonds is 6. The molecule has 1 aliphatic rings. The van der Waals surface area contributed by atoms with Gasteiger partial charge in [-0.1, -0.05) is 18.2 Å². The number of carbonyl (C=O) groups excluding carboxylic acids is 1. The van der Waals surface area contributed by atoms with Gasteiger partial charge in [-0.05, 0) is 29.1 Å². The van der Waals surface area contributed by atoms with E-state index in [4.69, 9.17) is 25.8 Å². The van der Waals surface area contributed by atoms with Gasteiger partial charge in [0.25, 0.3) is 11.6 Å². The fraction of sp³-hybridized carbons (Fsp3) is 0.240. The Balaban J connectivity index is 1.67. The molecule has 0 spiro atoms. The first-order valence-electron chi connectivity index (χ1n) is 10.8. The van der Waals surface area contributed by atoms with Crippen molar-refractivity contribution in [1.82, 2.24) is 4.98 Å². The van der Waals surface area contributed by atoms with Gasteiger partial charge in [0.05, 0.1) is 42.8 Å². The van der Waals surface area contributed by atoms with Crippen LogP contribution in [0.5, 0.6) is 17.2 Å². The highest BCUT2D eigenvalue weighted by molar-refractivity contribution is 6.19. The van der Waals surface area contributed by atoms with Gasteiger partial charge >= 0.3 is 0 Å². The summed E-state index contributed by atoms with van der Waals surface area (Å²) < 4.78 is 16.4. The fourth-order valence-corrected chi connectivity index (χ4v) is 5.15. The minimum Gasteiger partial charge on any atom is -0.493 e. The molecule has 2 heterocycles. The number of anilines is 1. The number of nitro benzene ring substituents is 1. The first kappa shape index (κ1) is 22.8. The van der Waals surface area contributed by atoms with Gasteiger partial charge in [0.1, 0.15) is 5.69 Å². The minimum absolute atomic E-state index is 0.0554. The molecule has 35 heavy (non-hydrogen) atoms. The Labute approximate surface area is 205 Å². The van der Waals surface area contributed by atoms with Crippen LogP contribution in [0.2, 0.25) is 0 Å². The highest BCUT2D eigenvalue weighted by Crippen LogP contribution is 2.47. The van der Waals surface area contributed by atoms with Crippen molar-refractivity contribution in [2.75, 3.05) is 38.7 Å². The molecule has 1 atom stereocenters. The van der Waals surface area contributed by atoms with Gasteiger partial charge in [-0.2, -0.15) is 0 Å². The van der Waals surface area contributed by atoms with Crippen LogP contribution in [0.3, 0.4) is 0 Å². The number of methoxy groups -OCH3 is 3. The molecule has 1 N–H and O–H groups in total. The van der Waals surface area contributed by atoms with Gasteiger partial charge < -0.3 is 24.1 Å². The molecule has 180 valence electrons. The summed E-state index contributed by atoms with van der Waals surface area (Å²) in [7, 11) is 4.53. The minimum atomic E-state index is -0.425. The number of nitrogens with zero attached hydrogens (tertiary/aromatic N) is 2. The molecular formula is C25H22ClN3O6. The van der Waals surface area contributed by atoms with E-state index in [9.17, 15) is 14.9 Å². The van der Waals surface area contributed by atoms with Crippen LogP contribution >= 0.6 is 11.6 Å². The summed E-state index contributed by atoms with van der Waals surface area (Å²) in [5.74, 6) is 1.04. The number of fused-ring (bicyclic) bond motifs is 4. The number of nitrogens with one attached hydrogen (secondary N) is 1. The van der Waals surface area contributed by atoms with Crippen LogP contribution in [-0.2, 0) is 0 Å². The van der Waals surface area contributed by atoms with E-state index < -0.39 is 4.92 Å². The van der Waals surface area contributed by atoms with E-state index >= 15 is 0 Å². The normalized spacial score (nSPS) is 14.9. The Morgan fingerprint density at radius 1 is 1.11 bits per heavy atom. The number of alkyl halides is 1. The van der Waals surface area contributed by atoms with Gasteiger partial charge in [0, 0.05) is 29.8 Å².